The van der Waals surface area contributed by atoms with Crippen molar-refractivity contribution < 1.29 is 50.6 Å². The van der Waals surface area contributed by atoms with E-state index in [0.29, 0.717) is 54.3 Å². The van der Waals surface area contributed by atoms with Crippen LogP contribution in [0.3, 0.4) is 0 Å². The second-order valence-electron chi connectivity index (χ2n) is 17.5. The van der Waals surface area contributed by atoms with E-state index >= 15 is 0 Å². The van der Waals surface area contributed by atoms with Crippen molar-refractivity contribution in [3.05, 3.63) is 41.6 Å². The summed E-state index contributed by atoms with van der Waals surface area (Å²) in [6.45, 7) is 7.03. The van der Waals surface area contributed by atoms with Crippen LogP contribution in [0.5, 0.6) is 11.5 Å². The van der Waals surface area contributed by atoms with E-state index in [1.807, 2.05) is 26.0 Å². The number of fused-ring (bicyclic) bond motifs is 5. The molecule has 16 heteroatoms. The maximum atomic E-state index is 14.8. The Hall–Kier alpha value is -4.34. The van der Waals surface area contributed by atoms with Crippen LogP contribution in [0.15, 0.2) is 30.4 Å². The number of pyridine rings is 1. The van der Waals surface area contributed by atoms with Crippen LogP contribution in [0.1, 0.15) is 116 Å². The fraction of sp³-hybridized carbons (Fsp3) is 0.643. The summed E-state index contributed by atoms with van der Waals surface area (Å²) in [5, 5.41) is 3.45. The van der Waals surface area contributed by atoms with E-state index in [4.69, 9.17) is 14.2 Å². The number of aromatic nitrogens is 1. The molecule has 13 nitrogen and oxygen atoms in total. The number of halogens is 2. The quantitative estimate of drug-likeness (QED) is 0.232. The third kappa shape index (κ3) is 8.01. The molecular formula is C42H54F2N4O9S. The van der Waals surface area contributed by atoms with Crippen LogP contribution in [0.4, 0.5) is 8.78 Å². The predicted molar refractivity (Wildman–Crippen MR) is 209 cm³/mol. The van der Waals surface area contributed by atoms with Crippen molar-refractivity contribution in [3.8, 4) is 11.5 Å². The van der Waals surface area contributed by atoms with Gasteiger partial charge in [0.1, 0.15) is 34.7 Å². The highest BCUT2D eigenvalue weighted by Gasteiger charge is 2.64. The second-order valence-corrected chi connectivity index (χ2v) is 19.7. The highest BCUT2D eigenvalue weighted by atomic mass is 32.2. The molecule has 1 saturated heterocycles. The van der Waals surface area contributed by atoms with E-state index in [9.17, 15) is 36.4 Å². The Kier molecular flexibility index (Phi) is 11.3. The highest BCUT2D eigenvalue weighted by Crippen LogP contribution is 2.50. The van der Waals surface area contributed by atoms with Gasteiger partial charge in [0, 0.05) is 29.2 Å². The van der Waals surface area contributed by atoms with Gasteiger partial charge in [0.15, 0.2) is 5.75 Å². The lowest BCUT2D eigenvalue weighted by atomic mass is 9.87. The number of amides is 3. The Balaban J connectivity index is 1.25. The van der Waals surface area contributed by atoms with Gasteiger partial charge in [-0.3, -0.25) is 23.9 Å². The normalized spacial score (nSPS) is 29.3. The van der Waals surface area contributed by atoms with Crippen molar-refractivity contribution in [2.45, 2.75) is 139 Å². The molecule has 7 rings (SSSR count). The summed E-state index contributed by atoms with van der Waals surface area (Å²) in [6.07, 6.45) is 4.61. The van der Waals surface area contributed by atoms with Crippen molar-refractivity contribution >= 4 is 44.6 Å². The summed E-state index contributed by atoms with van der Waals surface area (Å²) in [4.78, 5) is 62.4. The average molecular weight is 829 g/mol. The van der Waals surface area contributed by atoms with E-state index in [1.54, 1.807) is 32.0 Å². The summed E-state index contributed by atoms with van der Waals surface area (Å²) in [6, 6.07) is 3.71. The molecule has 3 fully saturated rings. The number of methoxy groups -OCH3 is 1. The number of carbonyl (C=O) groups is 4. The van der Waals surface area contributed by atoms with Gasteiger partial charge in [0.05, 0.1) is 30.3 Å². The Morgan fingerprint density at radius 2 is 1.86 bits per heavy atom. The third-order valence-corrected chi connectivity index (χ3v) is 15.2. The maximum Gasteiger partial charge on any atom is 0.306 e. The van der Waals surface area contributed by atoms with Crippen molar-refractivity contribution in [2.24, 2.45) is 17.8 Å². The minimum Gasteiger partial charge on any atom is -0.497 e. The van der Waals surface area contributed by atoms with Gasteiger partial charge in [-0.1, -0.05) is 38.8 Å². The number of allylic oxidation sites excluding steroid dienone is 1. The van der Waals surface area contributed by atoms with Gasteiger partial charge in [-0.25, -0.2) is 22.2 Å². The monoisotopic (exact) mass is 828 g/mol. The molecule has 0 bridgehead atoms. The van der Waals surface area contributed by atoms with E-state index in [1.165, 1.54) is 12.0 Å². The molecule has 3 aliphatic heterocycles. The van der Waals surface area contributed by atoms with Gasteiger partial charge in [-0.15, -0.1) is 0 Å². The van der Waals surface area contributed by atoms with Crippen LogP contribution in [0.25, 0.3) is 10.9 Å². The number of sulfonamides is 1. The molecule has 1 aromatic heterocycles. The Morgan fingerprint density at radius 3 is 2.55 bits per heavy atom. The topological polar surface area (TPSA) is 170 Å². The Labute approximate surface area is 338 Å². The lowest BCUT2D eigenvalue weighted by molar-refractivity contribution is -0.155. The predicted octanol–water partition coefficient (Wildman–Crippen LogP) is 5.83. The molecule has 58 heavy (non-hydrogen) atoms. The first-order valence-corrected chi connectivity index (χ1v) is 21.9. The van der Waals surface area contributed by atoms with Crippen molar-refractivity contribution in [1.82, 2.24) is 19.9 Å². The molecule has 0 unspecified atom stereocenters. The molecule has 5 aliphatic rings. The van der Waals surface area contributed by atoms with Gasteiger partial charge in [0.2, 0.25) is 21.8 Å². The molecular weight excluding hydrogens is 775 g/mol. The first-order chi connectivity index (χ1) is 27.4. The zero-order valence-electron chi connectivity index (χ0n) is 33.8. The summed E-state index contributed by atoms with van der Waals surface area (Å²) in [5.41, 5.74) is -2.61. The third-order valence-electron chi connectivity index (χ3n) is 13.0. The molecule has 2 aliphatic carbocycles. The van der Waals surface area contributed by atoms with Gasteiger partial charge < -0.3 is 24.4 Å². The number of alkyl halides is 2. The van der Waals surface area contributed by atoms with Gasteiger partial charge in [-0.2, -0.15) is 0 Å². The van der Waals surface area contributed by atoms with Gasteiger partial charge in [-0.05, 0) is 89.3 Å². The molecule has 1 aromatic carbocycles. The maximum absolute atomic E-state index is 14.8. The van der Waals surface area contributed by atoms with Crippen LogP contribution in [0, 0.1) is 17.8 Å². The summed E-state index contributed by atoms with van der Waals surface area (Å²) >= 11 is 0. The standard InChI is InChI=1S/C42H54F2N4O9S/c1-24(2)25(3)56-33(49)19-26-11-9-7-6-8-10-12-27-21-42(27,39(52)47-58(53,54)40(4)17-18-40)46-37(50)32-22-41(23-48(32)38(26)51)16-15-29-30-20-28(55-5)13-14-31(30)45-34(36(43)44)35(29)57-41/h10,12-14,20,24-27,32,36H,6-9,11,15-19,21-23H2,1-5H3,(H,46,50)(H,47,52)/b12-10-/t25-,26-,27-,32+,41-,42-/m1/s1. The number of ether oxygens (including phenoxy) is 3. The van der Waals surface area contributed by atoms with E-state index < -0.39 is 85.7 Å². The summed E-state index contributed by atoms with van der Waals surface area (Å²) in [7, 11) is -2.55. The number of carbonyl (C=O) groups excluding carboxylic acids is 4. The Morgan fingerprint density at radius 1 is 1.10 bits per heavy atom. The van der Waals surface area contributed by atoms with E-state index in [-0.39, 0.29) is 50.3 Å². The first kappa shape index (κ1) is 41.8. The number of nitrogens with one attached hydrogen (secondary N) is 2. The Bertz CT molecular complexity index is 2130. The average Bonchev–Trinajstić information content (AvgIpc) is 4.07. The fourth-order valence-corrected chi connectivity index (χ4v) is 9.85. The largest absolute Gasteiger partial charge is 0.497 e. The molecule has 1 spiro atoms. The van der Waals surface area contributed by atoms with Crippen LogP contribution in [0.2, 0.25) is 0 Å². The number of rotatable bonds is 9. The molecule has 4 heterocycles. The number of hydrogen-bond acceptors (Lipinski definition) is 10. The van der Waals surface area contributed by atoms with Gasteiger partial charge >= 0.3 is 5.97 Å². The zero-order chi connectivity index (χ0) is 41.8. The first-order valence-electron chi connectivity index (χ1n) is 20.4. The van der Waals surface area contributed by atoms with Crippen LogP contribution in [-0.2, 0) is 40.4 Å². The van der Waals surface area contributed by atoms with Crippen molar-refractivity contribution in [2.75, 3.05) is 13.7 Å². The summed E-state index contributed by atoms with van der Waals surface area (Å²) in [5.74, 6) is -3.51. The van der Waals surface area contributed by atoms with Crippen molar-refractivity contribution in [1.29, 1.82) is 0 Å². The lowest BCUT2D eigenvalue weighted by Crippen LogP contribution is -2.57. The van der Waals surface area contributed by atoms with E-state index in [0.717, 1.165) is 12.8 Å². The lowest BCUT2D eigenvalue weighted by Gasteiger charge is -2.37. The minimum atomic E-state index is -4.05. The van der Waals surface area contributed by atoms with Crippen molar-refractivity contribution in [3.63, 3.8) is 0 Å². The van der Waals surface area contributed by atoms with Crippen LogP contribution < -0.4 is 19.5 Å². The van der Waals surface area contributed by atoms with E-state index in [2.05, 4.69) is 15.0 Å². The molecule has 2 N–H and O–H groups in total. The van der Waals surface area contributed by atoms with Crippen LogP contribution in [-0.4, -0.2) is 83.7 Å². The molecule has 3 amide bonds. The zero-order valence-corrected chi connectivity index (χ0v) is 34.6. The number of esters is 1. The molecule has 2 saturated carbocycles. The fourth-order valence-electron chi connectivity index (χ4n) is 8.53. The molecule has 6 atom stereocenters. The number of aryl methyl sites for hydroxylation is 1. The molecule has 0 radical (unpaired) electrons. The number of nitrogens with zero attached hydrogens (tertiary/aromatic N) is 2. The number of benzene rings is 1. The highest BCUT2D eigenvalue weighted by molar-refractivity contribution is 7.91. The molecule has 2 aromatic rings. The minimum absolute atomic E-state index is 0.0437. The molecule has 316 valence electrons. The summed E-state index contributed by atoms with van der Waals surface area (Å²) < 4.78 is 74.8. The number of hydrogen-bond donors (Lipinski definition) is 2. The second kappa shape index (κ2) is 15.7. The van der Waals surface area contributed by atoms with Gasteiger partial charge in [0.25, 0.3) is 12.3 Å². The van der Waals surface area contributed by atoms with Crippen LogP contribution >= 0.6 is 0 Å². The SMILES string of the molecule is COc1ccc2nc(C(F)F)c3c(c2c1)CC[C@]1(C[C@H]2C(=O)N[C@]4(C(=O)NS(=O)(=O)C5(C)CC5)C[C@H]4/C=C\CCCCC[C@H](CC(=O)O[C@H](C)C(C)C)C(=O)N2C1)O3. The smallest absolute Gasteiger partial charge is 0.306 e.